The summed E-state index contributed by atoms with van der Waals surface area (Å²) in [6, 6.07) is 24.2. The highest BCUT2D eigenvalue weighted by molar-refractivity contribution is 7.99. The van der Waals surface area contributed by atoms with Gasteiger partial charge in [0.25, 0.3) is 23.6 Å². The van der Waals surface area contributed by atoms with Gasteiger partial charge in [-0.15, -0.1) is 0 Å². The summed E-state index contributed by atoms with van der Waals surface area (Å²) >= 11 is 1.43. The van der Waals surface area contributed by atoms with Crippen LogP contribution >= 0.6 is 11.8 Å². The number of fused-ring (bicyclic) bond motifs is 4. The van der Waals surface area contributed by atoms with Crippen LogP contribution in [0.2, 0.25) is 0 Å². The molecule has 0 radical (unpaired) electrons. The van der Waals surface area contributed by atoms with E-state index in [1.807, 2.05) is 20.8 Å². The summed E-state index contributed by atoms with van der Waals surface area (Å²) in [5.74, 6) is -14.7. The fourth-order valence-corrected chi connectivity index (χ4v) is 14.3. The Morgan fingerprint density at radius 1 is 0.445 bits per heavy atom. The van der Waals surface area contributed by atoms with Crippen LogP contribution in [0.25, 0.3) is 0 Å². The van der Waals surface area contributed by atoms with E-state index in [0.717, 1.165) is 70.6 Å². The molecule has 8 aliphatic heterocycles. The van der Waals surface area contributed by atoms with Crippen molar-refractivity contribution in [3.63, 3.8) is 0 Å². The van der Waals surface area contributed by atoms with Crippen LogP contribution < -0.4 is 63.0 Å². The molecule has 45 heteroatoms. The number of nitrogens with one attached hydrogen (secondary N) is 4. The Morgan fingerprint density at radius 2 is 0.773 bits per heavy atom. The Labute approximate surface area is 667 Å². The number of aliphatic hydroxyl groups is 8. The van der Waals surface area contributed by atoms with Gasteiger partial charge < -0.3 is 100 Å². The van der Waals surface area contributed by atoms with Crippen molar-refractivity contribution in [3.8, 4) is 23.0 Å². The van der Waals surface area contributed by atoms with Crippen LogP contribution in [0.1, 0.15) is 104 Å². The van der Waals surface area contributed by atoms with E-state index in [1.54, 1.807) is 72.8 Å². The van der Waals surface area contributed by atoms with Crippen molar-refractivity contribution >= 4 is 58.7 Å². The van der Waals surface area contributed by atoms with Gasteiger partial charge in [0.15, 0.2) is 24.4 Å². The molecule has 16 rings (SSSR count). The Kier molecular flexibility index (Phi) is 24.4. The summed E-state index contributed by atoms with van der Waals surface area (Å²) in [5, 5.41) is 84.3. The van der Waals surface area contributed by atoms with Crippen LogP contribution in [0.15, 0.2) is 146 Å². The molecule has 8 aromatic rings. The molecule has 12 heterocycles. The molecule has 4 aromatic carbocycles. The predicted molar refractivity (Wildman–Crippen MR) is 392 cm³/mol. The maximum atomic E-state index is 14.2. The minimum absolute atomic E-state index is 0.0208. The monoisotopic (exact) mass is 1700 g/mol. The van der Waals surface area contributed by atoms with E-state index in [9.17, 15) is 93.9 Å². The average Bonchev–Trinajstić information content (AvgIpc) is 1.60. The van der Waals surface area contributed by atoms with Crippen LogP contribution in [-0.4, -0.2) is 226 Å². The van der Waals surface area contributed by atoms with Gasteiger partial charge in [0, 0.05) is 66.3 Å². The molecule has 0 spiro atoms. The fraction of sp³-hybridized carbons (Fsp3) is 0.405. The number of nitrogens with zero attached hydrogens (tertiary/aromatic N) is 8. The number of benzene rings is 4. The van der Waals surface area contributed by atoms with Crippen LogP contribution in [0.3, 0.4) is 0 Å². The molecular weight excluding hydrogens is 1620 g/mol. The Hall–Kier alpha value is -11.2. The van der Waals surface area contributed by atoms with E-state index in [-0.39, 0.29) is 35.0 Å². The number of anilines is 4. The third kappa shape index (κ3) is 17.5. The van der Waals surface area contributed by atoms with Crippen molar-refractivity contribution in [1.29, 1.82) is 0 Å². The SMILES string of the molecule is CC1(C)Cc2cc(C(=O)Nc3ccn(C4O[C@H](CO)[C@@H](O)C4(F)F)c(=O)n3)ccc2O1.CC1Cc2cc(C(=O)Nc3ccn(C4O[C@H](CO)[C@@H](O)C4(F)F)c(=O)n3)ccc2O1.O=C(Nc1ccn(C2O[C@H](CO)[C@@H](O)C2(F)F)c(=O)n1)c1ccc2c(c1)CCO2.O=C(Nc1ccn(C2O[C@H](CO)[C@@H](O)C2(F)F)c(=O)n1)c1ccc2c(c1)SCO2. The summed E-state index contributed by atoms with van der Waals surface area (Å²) in [6.07, 6.45) is -17.9. The molecule has 0 bridgehead atoms. The van der Waals surface area contributed by atoms with E-state index in [0.29, 0.717) is 95.3 Å². The van der Waals surface area contributed by atoms with Gasteiger partial charge in [-0.1, -0.05) is 11.8 Å². The van der Waals surface area contributed by atoms with Gasteiger partial charge in [-0.05, 0) is 135 Å². The molecule has 13 atom stereocenters. The first-order valence-corrected chi connectivity index (χ1v) is 37.0. The van der Waals surface area contributed by atoms with Crippen molar-refractivity contribution in [2.75, 3.05) is 60.2 Å². The van der Waals surface area contributed by atoms with Crippen molar-refractivity contribution in [2.45, 2.75) is 154 Å². The molecule has 5 unspecified atom stereocenters. The third-order valence-corrected chi connectivity index (χ3v) is 20.5. The molecule has 4 aromatic heterocycles. The summed E-state index contributed by atoms with van der Waals surface area (Å²) < 4.78 is 157. The number of hydrogen-bond acceptors (Lipinski definition) is 29. The Morgan fingerprint density at radius 3 is 1.13 bits per heavy atom. The maximum Gasteiger partial charge on any atom is 0.351 e. The number of carbonyl (C=O) groups is 4. The summed E-state index contributed by atoms with van der Waals surface area (Å²) in [4.78, 5) is 114. The number of aliphatic hydroxyl groups excluding tert-OH is 8. The lowest BCUT2D eigenvalue weighted by Gasteiger charge is -2.21. The van der Waals surface area contributed by atoms with Crippen molar-refractivity contribution < 1.29 is 133 Å². The van der Waals surface area contributed by atoms with Crippen molar-refractivity contribution in [3.05, 3.63) is 203 Å². The Balaban J connectivity index is 0.000000137. The van der Waals surface area contributed by atoms with Crippen LogP contribution in [0, 0.1) is 0 Å². The molecule has 36 nitrogen and oxygen atoms in total. The molecule has 4 saturated heterocycles. The maximum absolute atomic E-state index is 14.2. The second-order valence-corrected chi connectivity index (χ2v) is 29.4. The number of alkyl halides is 8. The molecule has 4 fully saturated rings. The van der Waals surface area contributed by atoms with E-state index in [2.05, 4.69) is 41.2 Å². The number of hydrogen-bond donors (Lipinski definition) is 12. The first-order valence-electron chi connectivity index (χ1n) is 36.0. The molecule has 12 N–H and O–H groups in total. The lowest BCUT2D eigenvalue weighted by molar-refractivity contribution is -0.141. The zero-order chi connectivity index (χ0) is 85.7. The normalized spacial score (nSPS) is 25.5. The topological polar surface area (TPSA) is 492 Å². The van der Waals surface area contributed by atoms with Crippen LogP contribution in [0.4, 0.5) is 58.4 Å². The van der Waals surface area contributed by atoms with Crippen molar-refractivity contribution in [2.24, 2.45) is 0 Å². The number of aromatic nitrogens is 8. The lowest BCUT2D eigenvalue weighted by Crippen LogP contribution is -2.41. The minimum Gasteiger partial charge on any atom is -0.493 e. The number of carbonyl (C=O) groups excluding carboxylic acids is 4. The van der Waals surface area contributed by atoms with E-state index in [1.165, 1.54) is 11.8 Å². The van der Waals surface area contributed by atoms with E-state index in [4.69, 9.17) is 58.3 Å². The predicted octanol–water partition coefficient (Wildman–Crippen LogP) is 2.94. The Bertz CT molecular complexity index is 5320. The van der Waals surface area contributed by atoms with Gasteiger partial charge >= 0.3 is 46.4 Å². The molecule has 119 heavy (non-hydrogen) atoms. The second kappa shape index (κ2) is 33.9. The zero-order valence-electron chi connectivity index (χ0n) is 62.0. The minimum atomic E-state index is -3.82. The van der Waals surface area contributed by atoms with Gasteiger partial charge in [-0.3, -0.25) is 37.4 Å². The molecule has 8 aliphatic rings. The van der Waals surface area contributed by atoms with Gasteiger partial charge in [0.05, 0.1) is 37.9 Å². The number of thioether (sulfide) groups is 1. The standard InChI is InChI=1S/C20H21F2N3O6.C19H19F2N3O6.C18H17F2N3O6.C17H15F2N3O6S/c1-19(2)8-11-7-10(3-4-12(11)31-19)16(28)23-14-5-6-25(18(29)24-14)17-20(21,22)15(27)13(9-26)30-17;1-9-6-11-7-10(2-3-12(11)29-9)16(27)22-14-4-5-24(18(28)23-14)17-19(20,21)15(26)13(8-25)30-17;19-18(20)14(25)12(8-24)29-16(18)23-5-3-13(22-17(23)27)21-15(26)10-1-2-11-9(7-10)4-6-28-11;18-17(19)13(24)10(6-23)28-15(17)22-4-3-12(21-16(22)26)20-14(25)8-1-2-9-11(5-8)29-7-27-9/h3-7,13,15,17,26-27H,8-9H2,1-2H3,(H,23,24,28,29);2-5,7,9,13,15,17,25-26H,6,8H2,1H3,(H,22,23,27,28);1-3,5,7,12,14,16,24-25H,4,6,8H2,(H,21,22,26,27);1-5,10,13,15,23-24H,6-7H2,(H,20,21,25,26)/t13-,15-,17?;9?,13-,15-,17?;12-,14-,16?;10-,13-,15?/m1111/s1. The smallest absolute Gasteiger partial charge is 0.351 e. The lowest BCUT2D eigenvalue weighted by atomic mass is 10.00. The van der Waals surface area contributed by atoms with Crippen LogP contribution in [-0.2, 0) is 38.2 Å². The van der Waals surface area contributed by atoms with Crippen molar-refractivity contribution in [1.82, 2.24) is 38.2 Å². The first kappa shape index (κ1) is 85.7. The molecule has 4 amide bonds. The summed E-state index contributed by atoms with van der Waals surface area (Å²) in [6.45, 7) is 2.97. The van der Waals surface area contributed by atoms with Gasteiger partial charge in [0.2, 0.25) is 24.9 Å². The third-order valence-electron chi connectivity index (χ3n) is 19.6. The first-order chi connectivity index (χ1) is 56.3. The molecule has 634 valence electrons. The summed E-state index contributed by atoms with van der Waals surface area (Å²) in [7, 11) is 0. The number of amides is 4. The summed E-state index contributed by atoms with van der Waals surface area (Å²) in [5.41, 5.74) is -0.868. The fourth-order valence-electron chi connectivity index (χ4n) is 13.6. The quantitative estimate of drug-likeness (QED) is 0.0619. The number of halogens is 8. The van der Waals surface area contributed by atoms with Crippen LogP contribution in [0.5, 0.6) is 23.0 Å². The van der Waals surface area contributed by atoms with E-state index < -0.39 is 170 Å². The highest BCUT2D eigenvalue weighted by Crippen LogP contribution is 2.47. The van der Waals surface area contributed by atoms with E-state index >= 15 is 0 Å². The number of ether oxygens (including phenoxy) is 8. The molecule has 0 saturated carbocycles. The highest BCUT2D eigenvalue weighted by atomic mass is 32.2. The molecule has 0 aliphatic carbocycles. The van der Waals surface area contributed by atoms with Gasteiger partial charge in [-0.2, -0.15) is 55.1 Å². The average molecular weight is 1700 g/mol. The number of rotatable bonds is 16. The second-order valence-electron chi connectivity index (χ2n) is 28.4. The zero-order valence-corrected chi connectivity index (χ0v) is 62.9. The highest BCUT2D eigenvalue weighted by Gasteiger charge is 2.63. The van der Waals surface area contributed by atoms with Gasteiger partial charge in [-0.25, -0.2) is 19.2 Å². The molecular formula is C74H72F8N12O24S. The largest absolute Gasteiger partial charge is 0.493 e. The van der Waals surface area contributed by atoms with Gasteiger partial charge in [0.1, 0.15) is 88.3 Å².